The second-order valence-corrected chi connectivity index (χ2v) is 6.36. The molecule has 4 heteroatoms. The van der Waals surface area contributed by atoms with Crippen LogP contribution in [0.4, 0.5) is 5.69 Å². The molecule has 0 aromatic heterocycles. The topological polar surface area (TPSA) is 66.6 Å². The first-order valence-electron chi connectivity index (χ1n) is 7.39. The third kappa shape index (κ3) is 2.23. The average molecular weight is 274 g/mol. The van der Waals surface area contributed by atoms with Crippen molar-refractivity contribution in [3.05, 3.63) is 23.8 Å². The lowest BCUT2D eigenvalue weighted by molar-refractivity contribution is 0.0751. The van der Waals surface area contributed by atoms with Gasteiger partial charge < -0.3 is 15.7 Å². The molecular weight excluding hydrogens is 252 g/mol. The third-order valence-corrected chi connectivity index (χ3v) is 5.04. The Bertz CT molecular complexity index is 529. The quantitative estimate of drug-likeness (QED) is 0.657. The van der Waals surface area contributed by atoms with E-state index in [-0.39, 0.29) is 17.3 Å². The molecule has 3 atom stereocenters. The zero-order valence-electron chi connectivity index (χ0n) is 11.9. The SMILES string of the molecule is CN(CC1CC2CCC1C2)C(=O)c1cccc(N)c1O. The summed E-state index contributed by atoms with van der Waals surface area (Å²) in [5.74, 6) is 2.07. The zero-order chi connectivity index (χ0) is 14.3. The Morgan fingerprint density at radius 2 is 2.20 bits per heavy atom. The lowest BCUT2D eigenvalue weighted by Gasteiger charge is -2.27. The number of nitrogens with two attached hydrogens (primary N) is 1. The summed E-state index contributed by atoms with van der Waals surface area (Å²) < 4.78 is 0. The van der Waals surface area contributed by atoms with E-state index in [4.69, 9.17) is 5.73 Å². The van der Waals surface area contributed by atoms with Gasteiger partial charge in [0, 0.05) is 13.6 Å². The largest absolute Gasteiger partial charge is 0.505 e. The standard InChI is InChI=1S/C16H22N2O2/c1-18(9-12-8-10-5-6-11(12)7-10)16(20)13-3-2-4-14(17)15(13)19/h2-4,10-12,19H,5-9,17H2,1H3. The Balaban J connectivity index is 1.69. The molecular formula is C16H22N2O2. The summed E-state index contributed by atoms with van der Waals surface area (Å²) in [7, 11) is 1.82. The molecule has 0 radical (unpaired) electrons. The van der Waals surface area contributed by atoms with Crippen LogP contribution in [-0.2, 0) is 0 Å². The van der Waals surface area contributed by atoms with Crippen molar-refractivity contribution >= 4 is 11.6 Å². The summed E-state index contributed by atoms with van der Waals surface area (Å²) in [6.45, 7) is 0.786. The van der Waals surface area contributed by atoms with Crippen LogP contribution in [0.2, 0.25) is 0 Å². The summed E-state index contributed by atoms with van der Waals surface area (Å²) in [6.07, 6.45) is 5.29. The molecule has 2 saturated carbocycles. The van der Waals surface area contributed by atoms with E-state index in [9.17, 15) is 9.90 Å². The lowest BCUT2D eigenvalue weighted by Crippen LogP contribution is -2.33. The van der Waals surface area contributed by atoms with E-state index in [2.05, 4.69) is 0 Å². The summed E-state index contributed by atoms with van der Waals surface area (Å²) >= 11 is 0. The number of hydrogen-bond donors (Lipinski definition) is 2. The third-order valence-electron chi connectivity index (χ3n) is 5.04. The molecule has 0 heterocycles. The van der Waals surface area contributed by atoms with Crippen LogP contribution in [0.1, 0.15) is 36.0 Å². The maximum absolute atomic E-state index is 12.4. The Hall–Kier alpha value is -1.71. The number of rotatable bonds is 3. The smallest absolute Gasteiger partial charge is 0.257 e. The Morgan fingerprint density at radius 1 is 1.40 bits per heavy atom. The van der Waals surface area contributed by atoms with Gasteiger partial charge in [-0.3, -0.25) is 4.79 Å². The van der Waals surface area contributed by atoms with Crippen LogP contribution in [-0.4, -0.2) is 29.5 Å². The van der Waals surface area contributed by atoms with Gasteiger partial charge >= 0.3 is 0 Å². The van der Waals surface area contributed by atoms with Crippen LogP contribution >= 0.6 is 0 Å². The number of hydrogen-bond acceptors (Lipinski definition) is 3. The molecule has 3 unspecified atom stereocenters. The van der Waals surface area contributed by atoms with Gasteiger partial charge in [0.25, 0.3) is 5.91 Å². The van der Waals surface area contributed by atoms with Gasteiger partial charge in [-0.2, -0.15) is 0 Å². The molecule has 2 aliphatic rings. The monoisotopic (exact) mass is 274 g/mol. The number of amides is 1. The maximum atomic E-state index is 12.4. The first-order chi connectivity index (χ1) is 9.56. The van der Waals surface area contributed by atoms with Crippen LogP contribution in [0.25, 0.3) is 0 Å². The number of fused-ring (bicyclic) bond motifs is 2. The fourth-order valence-corrected chi connectivity index (χ4v) is 3.97. The number of para-hydroxylation sites is 1. The van der Waals surface area contributed by atoms with Crippen LogP contribution in [0.5, 0.6) is 5.75 Å². The molecule has 3 rings (SSSR count). The van der Waals surface area contributed by atoms with Gasteiger partial charge in [0.15, 0.2) is 5.75 Å². The number of aromatic hydroxyl groups is 1. The highest BCUT2D eigenvalue weighted by molar-refractivity contribution is 5.98. The molecule has 20 heavy (non-hydrogen) atoms. The number of carbonyl (C=O) groups is 1. The van der Waals surface area contributed by atoms with Crippen molar-refractivity contribution in [2.75, 3.05) is 19.3 Å². The number of nitrogens with zero attached hydrogens (tertiary/aromatic N) is 1. The number of nitrogen functional groups attached to an aromatic ring is 1. The molecule has 2 bridgehead atoms. The summed E-state index contributed by atoms with van der Waals surface area (Å²) in [6, 6.07) is 4.93. The fraction of sp³-hybridized carbons (Fsp3) is 0.562. The Labute approximate surface area is 119 Å². The van der Waals surface area contributed by atoms with Gasteiger partial charge in [0.2, 0.25) is 0 Å². The van der Waals surface area contributed by atoms with Crippen molar-refractivity contribution in [1.29, 1.82) is 0 Å². The van der Waals surface area contributed by atoms with Crippen molar-refractivity contribution in [3.63, 3.8) is 0 Å². The molecule has 1 aromatic rings. The van der Waals surface area contributed by atoms with E-state index < -0.39 is 0 Å². The molecule has 0 aliphatic heterocycles. The number of benzene rings is 1. The first-order valence-corrected chi connectivity index (χ1v) is 7.39. The molecule has 0 saturated heterocycles. The molecule has 0 spiro atoms. The molecule has 1 aromatic carbocycles. The van der Waals surface area contributed by atoms with E-state index in [1.165, 1.54) is 25.7 Å². The van der Waals surface area contributed by atoms with Crippen LogP contribution < -0.4 is 5.73 Å². The first kappa shape index (κ1) is 13.3. The fourth-order valence-electron chi connectivity index (χ4n) is 3.97. The Morgan fingerprint density at radius 3 is 2.85 bits per heavy atom. The van der Waals surface area contributed by atoms with Crippen LogP contribution in [0.15, 0.2) is 18.2 Å². The van der Waals surface area contributed by atoms with Crippen molar-refractivity contribution < 1.29 is 9.90 Å². The van der Waals surface area contributed by atoms with Gasteiger partial charge in [-0.25, -0.2) is 0 Å². The zero-order valence-corrected chi connectivity index (χ0v) is 11.9. The van der Waals surface area contributed by atoms with E-state index >= 15 is 0 Å². The molecule has 3 N–H and O–H groups in total. The minimum absolute atomic E-state index is 0.0997. The minimum Gasteiger partial charge on any atom is -0.505 e. The van der Waals surface area contributed by atoms with Crippen molar-refractivity contribution in [2.45, 2.75) is 25.7 Å². The highest BCUT2D eigenvalue weighted by Crippen LogP contribution is 2.48. The van der Waals surface area contributed by atoms with Crippen molar-refractivity contribution in [2.24, 2.45) is 17.8 Å². The van der Waals surface area contributed by atoms with Gasteiger partial charge in [-0.15, -0.1) is 0 Å². The number of phenolic OH excluding ortho intramolecular Hbond substituents is 1. The van der Waals surface area contributed by atoms with Crippen molar-refractivity contribution in [1.82, 2.24) is 4.90 Å². The van der Waals surface area contributed by atoms with Crippen LogP contribution in [0, 0.1) is 17.8 Å². The molecule has 4 nitrogen and oxygen atoms in total. The van der Waals surface area contributed by atoms with Crippen LogP contribution in [0.3, 0.4) is 0 Å². The summed E-state index contributed by atoms with van der Waals surface area (Å²) in [5.41, 5.74) is 6.21. The second-order valence-electron chi connectivity index (χ2n) is 6.36. The highest BCUT2D eigenvalue weighted by Gasteiger charge is 2.40. The maximum Gasteiger partial charge on any atom is 0.257 e. The van der Waals surface area contributed by atoms with Crippen molar-refractivity contribution in [3.8, 4) is 5.75 Å². The molecule has 1 amide bonds. The lowest BCUT2D eigenvalue weighted by atomic mass is 9.88. The van der Waals surface area contributed by atoms with E-state index in [0.717, 1.165) is 18.4 Å². The second kappa shape index (κ2) is 5.00. The van der Waals surface area contributed by atoms with E-state index in [1.807, 2.05) is 7.05 Å². The highest BCUT2D eigenvalue weighted by atomic mass is 16.3. The summed E-state index contributed by atoms with van der Waals surface area (Å²) in [4.78, 5) is 14.2. The number of phenols is 1. The van der Waals surface area contributed by atoms with E-state index in [1.54, 1.807) is 23.1 Å². The minimum atomic E-state index is -0.141. The molecule has 2 fully saturated rings. The normalized spacial score (nSPS) is 27.8. The number of anilines is 1. The van der Waals surface area contributed by atoms with Gasteiger partial charge in [-0.05, 0) is 49.1 Å². The van der Waals surface area contributed by atoms with Gasteiger partial charge in [0.05, 0.1) is 11.3 Å². The molecule has 2 aliphatic carbocycles. The Kier molecular flexibility index (Phi) is 3.32. The molecule has 108 valence electrons. The van der Waals surface area contributed by atoms with Gasteiger partial charge in [-0.1, -0.05) is 12.5 Å². The van der Waals surface area contributed by atoms with Gasteiger partial charge in [0.1, 0.15) is 0 Å². The predicted octanol–water partition coefficient (Wildman–Crippen LogP) is 2.48. The predicted molar refractivity (Wildman–Crippen MR) is 78.4 cm³/mol. The average Bonchev–Trinajstić information content (AvgIpc) is 3.03. The van der Waals surface area contributed by atoms with E-state index in [0.29, 0.717) is 11.5 Å². The number of carbonyl (C=O) groups excluding carboxylic acids is 1. The summed E-state index contributed by atoms with van der Waals surface area (Å²) in [5, 5.41) is 9.91.